The van der Waals surface area contributed by atoms with Crippen molar-refractivity contribution < 1.29 is 9.53 Å². The number of amides is 1. The van der Waals surface area contributed by atoms with Gasteiger partial charge in [0.1, 0.15) is 5.75 Å². The molecule has 34 heavy (non-hydrogen) atoms. The third-order valence-electron chi connectivity index (χ3n) is 6.81. The van der Waals surface area contributed by atoms with Gasteiger partial charge in [-0.25, -0.2) is 0 Å². The molecule has 0 aliphatic carbocycles. The number of aryl methyl sites for hydroxylation is 2. The fourth-order valence-electron chi connectivity index (χ4n) is 4.71. The summed E-state index contributed by atoms with van der Waals surface area (Å²) >= 11 is 0. The van der Waals surface area contributed by atoms with Gasteiger partial charge < -0.3 is 9.64 Å². The zero-order valence-corrected chi connectivity index (χ0v) is 21.1. The van der Waals surface area contributed by atoms with Crippen molar-refractivity contribution >= 4 is 5.91 Å². The van der Waals surface area contributed by atoms with Crippen molar-refractivity contribution in [2.24, 2.45) is 7.05 Å². The third kappa shape index (κ3) is 4.87. The van der Waals surface area contributed by atoms with Gasteiger partial charge in [-0.05, 0) is 48.4 Å². The number of nitrogens with one attached hydrogen (secondary N) is 1. The van der Waals surface area contributed by atoms with Gasteiger partial charge in [0.05, 0.1) is 19.3 Å². The number of benzene rings is 2. The highest BCUT2D eigenvalue weighted by atomic mass is 16.5. The van der Waals surface area contributed by atoms with Crippen LogP contribution in [0.4, 0.5) is 0 Å². The molecule has 4 rings (SSSR count). The van der Waals surface area contributed by atoms with E-state index < -0.39 is 0 Å². The monoisotopic (exact) mass is 460 g/mol. The zero-order chi connectivity index (χ0) is 24.5. The molecule has 2 unspecified atom stereocenters. The molecule has 1 saturated heterocycles. The lowest BCUT2D eigenvalue weighted by Gasteiger charge is -2.31. The predicted molar refractivity (Wildman–Crippen MR) is 135 cm³/mol. The van der Waals surface area contributed by atoms with Crippen LogP contribution in [0.25, 0.3) is 0 Å². The van der Waals surface area contributed by atoms with E-state index >= 15 is 0 Å². The Morgan fingerprint density at radius 3 is 2.47 bits per heavy atom. The minimum Gasteiger partial charge on any atom is -0.496 e. The minimum atomic E-state index is -0.0944. The van der Waals surface area contributed by atoms with Crippen LogP contribution >= 0.6 is 0 Å². The first-order chi connectivity index (χ1) is 16.2. The van der Waals surface area contributed by atoms with E-state index in [0.29, 0.717) is 12.2 Å². The first kappa shape index (κ1) is 24.0. The van der Waals surface area contributed by atoms with Crippen LogP contribution in [-0.4, -0.2) is 33.9 Å². The molecule has 6 heteroatoms. The largest absolute Gasteiger partial charge is 0.496 e. The van der Waals surface area contributed by atoms with E-state index in [9.17, 15) is 4.79 Å². The molecule has 2 heterocycles. The summed E-state index contributed by atoms with van der Waals surface area (Å²) in [5.41, 5.74) is 5.01. The number of hydrogen-bond donors (Lipinski definition) is 1. The van der Waals surface area contributed by atoms with Crippen molar-refractivity contribution in [2.45, 2.75) is 64.7 Å². The Morgan fingerprint density at radius 2 is 1.85 bits per heavy atom. The molecule has 3 aromatic rings. The number of likely N-dealkylation sites (tertiary alicyclic amines) is 1. The molecular formula is C28H36N4O2. The maximum absolute atomic E-state index is 13.7. The number of aromatic nitrogens is 2. The smallest absolute Gasteiger partial charge is 0.276 e. The van der Waals surface area contributed by atoms with Gasteiger partial charge in [0.2, 0.25) is 0 Å². The lowest BCUT2D eigenvalue weighted by atomic mass is 9.86. The molecule has 2 atom stereocenters. The van der Waals surface area contributed by atoms with Gasteiger partial charge in [-0.3, -0.25) is 14.8 Å². The van der Waals surface area contributed by atoms with E-state index in [2.05, 4.69) is 55.5 Å². The molecule has 0 bridgehead atoms. The number of carbonyl (C=O) groups excluding carboxylic acids is 1. The van der Waals surface area contributed by atoms with Gasteiger partial charge in [0.25, 0.3) is 5.91 Å². The summed E-state index contributed by atoms with van der Waals surface area (Å²) in [4.78, 5) is 15.7. The average molecular weight is 461 g/mol. The SMILES string of the molecule is COc1ccc(C(C)(C)C)cc1CNC1CCC(c2ccccc2)N1C(=O)c1cc(C)n(C)n1. The standard InChI is InChI=1S/C28H36N4O2/c1-19-16-23(30-31(19)5)27(33)32-24(20-10-8-7-9-11-20)13-15-26(32)29-18-21-17-22(28(2,3)4)12-14-25(21)34-6/h7-12,14,16-17,24,26,29H,13,15,18H2,1-6H3. The normalized spacial score (nSPS) is 18.4. The zero-order valence-electron chi connectivity index (χ0n) is 21.1. The fourth-order valence-corrected chi connectivity index (χ4v) is 4.71. The maximum atomic E-state index is 13.7. The number of hydrogen-bond acceptors (Lipinski definition) is 4. The number of ether oxygens (including phenoxy) is 1. The van der Waals surface area contributed by atoms with Gasteiger partial charge >= 0.3 is 0 Å². The quantitative estimate of drug-likeness (QED) is 0.554. The third-order valence-corrected chi connectivity index (χ3v) is 6.81. The summed E-state index contributed by atoms with van der Waals surface area (Å²) < 4.78 is 7.40. The molecule has 1 N–H and O–H groups in total. The molecule has 1 aliphatic rings. The predicted octanol–water partition coefficient (Wildman–Crippen LogP) is 5.13. The molecule has 1 aliphatic heterocycles. The minimum absolute atomic E-state index is 0.0105. The fraction of sp³-hybridized carbons (Fsp3) is 0.429. The van der Waals surface area contributed by atoms with Crippen LogP contribution in [-0.2, 0) is 19.0 Å². The van der Waals surface area contributed by atoms with E-state index in [4.69, 9.17) is 4.74 Å². The van der Waals surface area contributed by atoms with Crippen molar-refractivity contribution in [1.29, 1.82) is 0 Å². The Balaban J connectivity index is 1.62. The molecule has 6 nitrogen and oxygen atoms in total. The molecule has 2 aromatic carbocycles. The number of rotatable bonds is 6. The van der Waals surface area contributed by atoms with Crippen molar-refractivity contribution in [1.82, 2.24) is 20.0 Å². The summed E-state index contributed by atoms with van der Waals surface area (Å²) in [6, 6.07) is 18.5. The number of carbonyl (C=O) groups is 1. The van der Waals surface area contributed by atoms with E-state index in [0.717, 1.165) is 35.4 Å². The molecule has 0 saturated carbocycles. The van der Waals surface area contributed by atoms with E-state index in [-0.39, 0.29) is 23.5 Å². The first-order valence-corrected chi connectivity index (χ1v) is 12.0. The molecule has 1 fully saturated rings. The summed E-state index contributed by atoms with van der Waals surface area (Å²) in [6.45, 7) is 9.21. The van der Waals surface area contributed by atoms with Crippen molar-refractivity contribution in [3.8, 4) is 5.75 Å². The number of nitrogens with zero attached hydrogens (tertiary/aromatic N) is 3. The Morgan fingerprint density at radius 1 is 1.12 bits per heavy atom. The summed E-state index contributed by atoms with van der Waals surface area (Å²) in [6.07, 6.45) is 1.68. The van der Waals surface area contributed by atoms with E-state index in [1.165, 1.54) is 5.56 Å². The Labute approximate surface area is 202 Å². The van der Waals surface area contributed by atoms with Crippen LogP contribution in [0.15, 0.2) is 54.6 Å². The highest BCUT2D eigenvalue weighted by Crippen LogP contribution is 2.37. The molecule has 180 valence electrons. The van der Waals surface area contributed by atoms with Crippen LogP contribution < -0.4 is 10.1 Å². The van der Waals surface area contributed by atoms with Crippen molar-refractivity contribution in [3.05, 3.63) is 82.7 Å². The van der Waals surface area contributed by atoms with Crippen LogP contribution in [0.1, 0.15) is 72.5 Å². The summed E-state index contributed by atoms with van der Waals surface area (Å²) in [7, 11) is 3.57. The Bertz CT molecular complexity index is 1130. The van der Waals surface area contributed by atoms with E-state index in [1.807, 2.05) is 49.2 Å². The van der Waals surface area contributed by atoms with Crippen molar-refractivity contribution in [2.75, 3.05) is 7.11 Å². The summed E-state index contributed by atoms with van der Waals surface area (Å²) in [5, 5.41) is 8.14. The molecule has 1 amide bonds. The highest BCUT2D eigenvalue weighted by Gasteiger charge is 2.39. The van der Waals surface area contributed by atoms with Gasteiger partial charge in [-0.2, -0.15) is 5.10 Å². The second-order valence-electron chi connectivity index (χ2n) is 10.2. The number of methoxy groups -OCH3 is 1. The molecule has 0 spiro atoms. The maximum Gasteiger partial charge on any atom is 0.276 e. The average Bonchev–Trinajstić information content (AvgIpc) is 3.40. The first-order valence-electron chi connectivity index (χ1n) is 12.0. The lowest BCUT2D eigenvalue weighted by Crippen LogP contribution is -2.45. The topological polar surface area (TPSA) is 59.4 Å². The second kappa shape index (κ2) is 9.63. The van der Waals surface area contributed by atoms with Crippen molar-refractivity contribution in [3.63, 3.8) is 0 Å². The lowest BCUT2D eigenvalue weighted by molar-refractivity contribution is 0.0624. The van der Waals surface area contributed by atoms with Gasteiger partial charge in [-0.15, -0.1) is 0 Å². The van der Waals surface area contributed by atoms with Gasteiger partial charge in [0, 0.05) is 24.8 Å². The van der Waals surface area contributed by atoms with Crippen LogP contribution in [0.5, 0.6) is 5.75 Å². The van der Waals surface area contributed by atoms with Crippen LogP contribution in [0.2, 0.25) is 0 Å². The highest BCUT2D eigenvalue weighted by molar-refractivity contribution is 5.93. The molecular weight excluding hydrogens is 424 g/mol. The van der Waals surface area contributed by atoms with Crippen LogP contribution in [0, 0.1) is 6.92 Å². The Kier molecular flexibility index (Phi) is 6.80. The van der Waals surface area contributed by atoms with Gasteiger partial charge in [-0.1, -0.05) is 63.2 Å². The molecule has 0 radical (unpaired) electrons. The van der Waals surface area contributed by atoms with Gasteiger partial charge in [0.15, 0.2) is 5.69 Å². The Hall–Kier alpha value is -3.12. The molecule has 1 aromatic heterocycles. The van der Waals surface area contributed by atoms with E-state index in [1.54, 1.807) is 11.8 Å². The van der Waals surface area contributed by atoms with Crippen LogP contribution in [0.3, 0.4) is 0 Å². The second-order valence-corrected chi connectivity index (χ2v) is 10.2. The summed E-state index contributed by atoms with van der Waals surface area (Å²) in [5.74, 6) is 0.819.